The van der Waals surface area contributed by atoms with E-state index in [1.165, 1.54) is 12.1 Å². The first kappa shape index (κ1) is 9.60. The van der Waals surface area contributed by atoms with E-state index in [0.717, 1.165) is 12.1 Å². The fourth-order valence-corrected chi connectivity index (χ4v) is 0.756. The minimum atomic E-state index is -4.19. The van der Waals surface area contributed by atoms with Gasteiger partial charge in [0.25, 0.3) is 0 Å². The van der Waals surface area contributed by atoms with Gasteiger partial charge in [0.05, 0.1) is 0 Å². The van der Waals surface area contributed by atoms with Gasteiger partial charge in [-0.1, -0.05) is 0 Å². The Morgan fingerprint density at radius 3 is 2.23 bits per heavy atom. The molecule has 0 saturated heterocycles. The Bertz CT molecular complexity index is 289. The maximum Gasteiger partial charge on any atom is 0.532 e. The van der Waals surface area contributed by atoms with Crippen molar-refractivity contribution in [2.75, 3.05) is 0 Å². The van der Waals surface area contributed by atoms with Crippen LogP contribution in [0.25, 0.3) is 0 Å². The molecule has 0 spiro atoms. The summed E-state index contributed by atoms with van der Waals surface area (Å²) in [4.78, 5) is 10.2. The number of aliphatic hydroxyl groups is 1. The number of hydrogen-bond donors (Lipinski definition) is 1. The lowest BCUT2D eigenvalue weighted by atomic mass is 10.2. The molecule has 1 N–H and O–H groups in total. The van der Waals surface area contributed by atoms with Crippen LogP contribution >= 0.6 is 0 Å². The Labute approximate surface area is 72.6 Å². The first-order valence-electron chi connectivity index (χ1n) is 3.36. The lowest BCUT2D eigenvalue weighted by molar-refractivity contribution is -0.327. The molecule has 0 heterocycles. The van der Waals surface area contributed by atoms with Crippen molar-refractivity contribution < 1.29 is 23.4 Å². The second-order valence-electron chi connectivity index (χ2n) is 2.27. The average Bonchev–Trinajstić information content (AvgIpc) is 2.03. The molecule has 13 heavy (non-hydrogen) atoms. The fraction of sp³-hybridized carbons (Fsp3) is 0.125. The maximum absolute atomic E-state index is 11.9. The standard InChI is InChI=1S/C8H6F2O3/c9-8(10,12)13-7-3-1-6(5-11)2-4-7/h1-5,12H. The lowest BCUT2D eigenvalue weighted by Gasteiger charge is -2.10. The number of carbonyl (C=O) groups is 1. The molecule has 0 fully saturated rings. The van der Waals surface area contributed by atoms with Crippen molar-refractivity contribution in [3.63, 3.8) is 0 Å². The van der Waals surface area contributed by atoms with Crippen LogP contribution in [0, 0.1) is 0 Å². The van der Waals surface area contributed by atoms with Crippen molar-refractivity contribution >= 4 is 6.29 Å². The highest BCUT2D eigenvalue weighted by Crippen LogP contribution is 2.18. The molecule has 0 saturated carbocycles. The smallest absolute Gasteiger partial charge is 0.410 e. The van der Waals surface area contributed by atoms with E-state index in [1.807, 2.05) is 0 Å². The summed E-state index contributed by atoms with van der Waals surface area (Å²) in [6, 6.07) is 4.92. The molecule has 0 radical (unpaired) electrons. The third kappa shape index (κ3) is 3.16. The van der Waals surface area contributed by atoms with Gasteiger partial charge in [-0.05, 0) is 24.3 Å². The van der Waals surface area contributed by atoms with E-state index in [2.05, 4.69) is 4.74 Å². The van der Waals surface area contributed by atoms with E-state index in [9.17, 15) is 13.6 Å². The van der Waals surface area contributed by atoms with Crippen LogP contribution in [0.15, 0.2) is 24.3 Å². The Kier molecular flexibility index (Phi) is 2.57. The summed E-state index contributed by atoms with van der Waals surface area (Å²) in [7, 11) is 0. The first-order valence-corrected chi connectivity index (χ1v) is 3.36. The van der Waals surface area contributed by atoms with E-state index in [4.69, 9.17) is 5.11 Å². The quantitative estimate of drug-likeness (QED) is 0.576. The molecule has 5 heteroatoms. The monoisotopic (exact) mass is 188 g/mol. The Hall–Kier alpha value is -1.49. The SMILES string of the molecule is O=Cc1ccc(OC(O)(F)F)cc1. The molecule has 0 atom stereocenters. The molecule has 1 rings (SSSR count). The Morgan fingerprint density at radius 2 is 1.85 bits per heavy atom. The highest BCUT2D eigenvalue weighted by atomic mass is 19.3. The van der Waals surface area contributed by atoms with Gasteiger partial charge in [-0.15, -0.1) is 8.78 Å². The van der Waals surface area contributed by atoms with Crippen LogP contribution < -0.4 is 4.74 Å². The molecule has 0 aromatic heterocycles. The number of hydrogen-bond acceptors (Lipinski definition) is 3. The van der Waals surface area contributed by atoms with E-state index in [-0.39, 0.29) is 5.75 Å². The lowest BCUT2D eigenvalue weighted by Crippen LogP contribution is -2.23. The number of rotatable bonds is 3. The zero-order valence-corrected chi connectivity index (χ0v) is 6.41. The van der Waals surface area contributed by atoms with Gasteiger partial charge in [0, 0.05) is 5.56 Å². The van der Waals surface area contributed by atoms with Crippen molar-refractivity contribution in [3.05, 3.63) is 29.8 Å². The molecule has 0 aliphatic heterocycles. The van der Waals surface area contributed by atoms with Gasteiger partial charge in [0.1, 0.15) is 12.0 Å². The molecule has 0 aliphatic rings. The maximum atomic E-state index is 11.9. The van der Waals surface area contributed by atoms with E-state index < -0.39 is 6.29 Å². The molecule has 0 aliphatic carbocycles. The van der Waals surface area contributed by atoms with Gasteiger partial charge in [0.15, 0.2) is 0 Å². The topological polar surface area (TPSA) is 46.5 Å². The van der Waals surface area contributed by atoms with Gasteiger partial charge in [-0.2, -0.15) is 0 Å². The number of ether oxygens (including phenoxy) is 1. The summed E-state index contributed by atoms with van der Waals surface area (Å²) < 4.78 is 27.5. The highest BCUT2D eigenvalue weighted by Gasteiger charge is 2.27. The van der Waals surface area contributed by atoms with Gasteiger partial charge < -0.3 is 9.84 Å². The molecule has 0 amide bonds. The predicted molar refractivity (Wildman–Crippen MR) is 39.6 cm³/mol. The van der Waals surface area contributed by atoms with Gasteiger partial charge >= 0.3 is 6.29 Å². The second-order valence-corrected chi connectivity index (χ2v) is 2.27. The van der Waals surface area contributed by atoms with Crippen LogP contribution in [0.1, 0.15) is 10.4 Å². The average molecular weight is 188 g/mol. The molecule has 1 aromatic rings. The number of benzene rings is 1. The molecular weight excluding hydrogens is 182 g/mol. The third-order valence-electron chi connectivity index (χ3n) is 1.26. The van der Waals surface area contributed by atoms with Crippen molar-refractivity contribution in [2.24, 2.45) is 0 Å². The molecule has 0 unspecified atom stereocenters. The highest BCUT2D eigenvalue weighted by molar-refractivity contribution is 5.74. The third-order valence-corrected chi connectivity index (χ3v) is 1.26. The minimum Gasteiger partial charge on any atom is -0.410 e. The number of aldehydes is 1. The van der Waals surface area contributed by atoms with Crippen molar-refractivity contribution in [3.8, 4) is 5.75 Å². The normalized spacial score (nSPS) is 11.0. The van der Waals surface area contributed by atoms with E-state index >= 15 is 0 Å². The predicted octanol–water partition coefficient (Wildman–Crippen LogP) is 1.42. The van der Waals surface area contributed by atoms with Gasteiger partial charge in [-0.25, -0.2) is 0 Å². The Morgan fingerprint density at radius 1 is 1.31 bits per heavy atom. The van der Waals surface area contributed by atoms with Crippen LogP contribution in [0.4, 0.5) is 8.78 Å². The van der Waals surface area contributed by atoms with E-state index in [0.29, 0.717) is 11.8 Å². The van der Waals surface area contributed by atoms with Crippen LogP contribution in [0.5, 0.6) is 5.75 Å². The molecule has 3 nitrogen and oxygen atoms in total. The molecular formula is C8H6F2O3. The molecule has 1 aromatic carbocycles. The van der Waals surface area contributed by atoms with Crippen LogP contribution in [0.3, 0.4) is 0 Å². The number of carbonyl (C=O) groups excluding carboxylic acids is 1. The zero-order chi connectivity index (χ0) is 9.90. The van der Waals surface area contributed by atoms with Crippen LogP contribution in [-0.2, 0) is 0 Å². The fourth-order valence-electron chi connectivity index (χ4n) is 0.756. The summed E-state index contributed by atoms with van der Waals surface area (Å²) in [5.41, 5.74) is 0.341. The van der Waals surface area contributed by atoms with Crippen molar-refractivity contribution in [2.45, 2.75) is 6.29 Å². The summed E-state index contributed by atoms with van der Waals surface area (Å²) in [6.07, 6.45) is -3.62. The van der Waals surface area contributed by atoms with Crippen LogP contribution in [-0.4, -0.2) is 17.7 Å². The summed E-state index contributed by atoms with van der Waals surface area (Å²) in [6.45, 7) is 0. The number of alkyl halides is 2. The second kappa shape index (κ2) is 3.49. The summed E-state index contributed by atoms with van der Waals surface area (Å²) in [5.74, 6) is -0.210. The molecule has 70 valence electrons. The Balaban J connectivity index is 2.75. The van der Waals surface area contributed by atoms with Gasteiger partial charge in [0.2, 0.25) is 0 Å². The number of halogens is 2. The van der Waals surface area contributed by atoms with Crippen LogP contribution in [0.2, 0.25) is 0 Å². The zero-order valence-electron chi connectivity index (χ0n) is 6.41. The van der Waals surface area contributed by atoms with Crippen molar-refractivity contribution in [1.29, 1.82) is 0 Å². The first-order chi connectivity index (χ1) is 6.01. The summed E-state index contributed by atoms with van der Waals surface area (Å²) >= 11 is 0. The summed E-state index contributed by atoms with van der Waals surface area (Å²) in [5, 5.41) is 7.97. The van der Waals surface area contributed by atoms with Gasteiger partial charge in [-0.3, -0.25) is 4.79 Å². The van der Waals surface area contributed by atoms with Crippen molar-refractivity contribution in [1.82, 2.24) is 0 Å². The largest absolute Gasteiger partial charge is 0.532 e. The minimum absolute atomic E-state index is 0.210. The van der Waals surface area contributed by atoms with E-state index in [1.54, 1.807) is 0 Å². The molecule has 0 bridgehead atoms.